The highest BCUT2D eigenvalue weighted by Crippen LogP contribution is 2.37. The van der Waals surface area contributed by atoms with E-state index in [1.165, 1.54) is 38.7 Å². The van der Waals surface area contributed by atoms with Crippen molar-refractivity contribution in [1.29, 1.82) is 0 Å². The molecule has 0 spiro atoms. The van der Waals surface area contributed by atoms with E-state index in [2.05, 4.69) is 35.9 Å². The number of nitrogens with zero attached hydrogens (tertiary/aromatic N) is 4. The summed E-state index contributed by atoms with van der Waals surface area (Å²) < 4.78 is 18.9. The summed E-state index contributed by atoms with van der Waals surface area (Å²) in [5.74, 6) is -0.683. The maximum atomic E-state index is 13.3. The zero-order chi connectivity index (χ0) is 25.7. The number of carbonyl (C=O) groups is 2. The number of rotatable bonds is 8. The van der Waals surface area contributed by atoms with Crippen LogP contribution in [-0.4, -0.2) is 51.1 Å². The van der Waals surface area contributed by atoms with E-state index in [4.69, 9.17) is 9.84 Å². The topological polar surface area (TPSA) is 151 Å². The Morgan fingerprint density at radius 3 is 2.31 bits per heavy atom. The lowest BCUT2D eigenvalue weighted by Gasteiger charge is -2.17. The van der Waals surface area contributed by atoms with E-state index in [9.17, 15) is 14.0 Å². The Morgan fingerprint density at radius 1 is 0.917 bits per heavy atom. The number of carboxylic acid groups (broad SMARTS) is 1. The first-order valence-corrected chi connectivity index (χ1v) is 10.5. The van der Waals surface area contributed by atoms with Gasteiger partial charge in [0.1, 0.15) is 11.6 Å². The van der Waals surface area contributed by atoms with Gasteiger partial charge in [-0.2, -0.15) is 0 Å². The number of carbonyl (C=O) groups excluding carboxylic acids is 1. The van der Waals surface area contributed by atoms with Crippen LogP contribution in [0.3, 0.4) is 0 Å². The highest BCUT2D eigenvalue weighted by atomic mass is 19.1. The van der Waals surface area contributed by atoms with E-state index in [0.717, 1.165) is 12.4 Å². The molecule has 0 aliphatic rings. The fourth-order valence-corrected chi connectivity index (χ4v) is 3.30. The fourth-order valence-electron chi connectivity index (χ4n) is 3.30. The van der Waals surface area contributed by atoms with Crippen molar-refractivity contribution in [3.05, 3.63) is 78.1 Å². The number of hydrogen-bond acceptors (Lipinski definition) is 9. The summed E-state index contributed by atoms with van der Waals surface area (Å²) in [4.78, 5) is 39.9. The predicted molar refractivity (Wildman–Crippen MR) is 129 cm³/mol. The second-order valence-corrected chi connectivity index (χ2v) is 7.29. The van der Waals surface area contributed by atoms with Crippen LogP contribution in [0, 0.1) is 5.82 Å². The zero-order valence-corrected chi connectivity index (χ0v) is 19.1. The third-order valence-electron chi connectivity index (χ3n) is 4.99. The number of pyridine rings is 2. The van der Waals surface area contributed by atoms with E-state index in [-0.39, 0.29) is 22.9 Å². The summed E-state index contributed by atoms with van der Waals surface area (Å²) in [5.41, 5.74) is 1.70. The normalized spacial score (nSPS) is 10.4. The number of hydrogen-bond donors (Lipinski definition) is 4. The maximum absolute atomic E-state index is 13.3. The molecule has 0 radical (unpaired) electrons. The summed E-state index contributed by atoms with van der Waals surface area (Å²) in [5, 5.41) is 17.8. The summed E-state index contributed by atoms with van der Waals surface area (Å²) >= 11 is 0. The Hall–Kier alpha value is -5.13. The molecular formula is C24H20FN7O4. The second-order valence-electron chi connectivity index (χ2n) is 7.29. The van der Waals surface area contributed by atoms with E-state index < -0.39 is 11.8 Å². The number of nitrogens with one attached hydrogen (secondary N) is 3. The lowest BCUT2D eigenvalue weighted by Crippen LogP contribution is -2.19. The van der Waals surface area contributed by atoms with Crippen LogP contribution < -0.4 is 20.7 Å². The molecule has 3 aromatic heterocycles. The molecule has 3 heterocycles. The molecule has 4 N–H and O–H groups in total. The molecule has 0 unspecified atom stereocenters. The molecule has 4 rings (SSSR count). The van der Waals surface area contributed by atoms with Crippen molar-refractivity contribution in [3.63, 3.8) is 0 Å². The number of aromatic carboxylic acids is 1. The average Bonchev–Trinajstić information content (AvgIpc) is 2.89. The van der Waals surface area contributed by atoms with Gasteiger partial charge in [-0.3, -0.25) is 4.79 Å². The minimum Gasteiger partial charge on any atom is -0.494 e. The number of aromatic nitrogens is 4. The van der Waals surface area contributed by atoms with Crippen molar-refractivity contribution < 1.29 is 23.8 Å². The van der Waals surface area contributed by atoms with Crippen LogP contribution in [-0.2, 0) is 0 Å². The Balaban J connectivity index is 1.70. The van der Waals surface area contributed by atoms with Crippen molar-refractivity contribution in [3.8, 4) is 17.1 Å². The molecule has 4 aromatic rings. The highest BCUT2D eigenvalue weighted by Gasteiger charge is 2.17. The van der Waals surface area contributed by atoms with Crippen molar-refractivity contribution in [2.24, 2.45) is 0 Å². The van der Waals surface area contributed by atoms with Gasteiger partial charge in [-0.1, -0.05) is 6.07 Å². The van der Waals surface area contributed by atoms with E-state index in [0.29, 0.717) is 34.3 Å². The lowest BCUT2D eigenvalue weighted by atomic mass is 10.1. The highest BCUT2D eigenvalue weighted by molar-refractivity contribution is 6.00. The van der Waals surface area contributed by atoms with Crippen molar-refractivity contribution >= 4 is 34.9 Å². The number of carboxylic acids is 1. The van der Waals surface area contributed by atoms with Crippen LogP contribution in [0.1, 0.15) is 20.7 Å². The van der Waals surface area contributed by atoms with Crippen molar-refractivity contribution in [1.82, 2.24) is 25.3 Å². The standard InChI is InChI=1S/C24H20FN7O4/c1-26-23(33)16-12-28-20(32-19-7-6-13(9-27-19)24(34)35)8-18(16)31-17-5-3-4-15(21(17)36-2)22-29-10-14(25)11-30-22/h3-12H,1-2H3,(H,26,33)(H,34,35)(H2,27,28,31,32). The van der Waals surface area contributed by atoms with Gasteiger partial charge in [-0.15, -0.1) is 0 Å². The first-order valence-electron chi connectivity index (χ1n) is 10.5. The van der Waals surface area contributed by atoms with Crippen LogP contribution in [0.5, 0.6) is 5.75 Å². The first-order chi connectivity index (χ1) is 17.4. The first kappa shape index (κ1) is 24.0. The van der Waals surface area contributed by atoms with Gasteiger partial charge in [0.15, 0.2) is 17.4 Å². The summed E-state index contributed by atoms with van der Waals surface area (Å²) in [6, 6.07) is 9.70. The number of methoxy groups -OCH3 is 1. The van der Waals surface area contributed by atoms with Gasteiger partial charge in [-0.05, 0) is 24.3 Å². The number of para-hydroxylation sites is 1. The summed E-state index contributed by atoms with van der Waals surface area (Å²) in [6.07, 6.45) is 4.72. The molecule has 12 heteroatoms. The van der Waals surface area contributed by atoms with E-state index in [1.54, 1.807) is 24.3 Å². The quantitative estimate of drug-likeness (QED) is 0.289. The Labute approximate surface area is 204 Å². The van der Waals surface area contributed by atoms with Crippen molar-refractivity contribution in [2.45, 2.75) is 0 Å². The molecule has 1 amide bonds. The molecule has 182 valence electrons. The Bertz CT molecular complexity index is 1410. The molecule has 0 aliphatic carbocycles. The van der Waals surface area contributed by atoms with Gasteiger partial charge in [0, 0.05) is 25.5 Å². The molecule has 11 nitrogen and oxygen atoms in total. The summed E-state index contributed by atoms with van der Waals surface area (Å²) in [7, 11) is 2.97. The third kappa shape index (κ3) is 5.17. The number of amides is 1. The average molecular weight is 489 g/mol. The molecule has 36 heavy (non-hydrogen) atoms. The zero-order valence-electron chi connectivity index (χ0n) is 19.1. The Morgan fingerprint density at radius 2 is 1.67 bits per heavy atom. The smallest absolute Gasteiger partial charge is 0.337 e. The van der Waals surface area contributed by atoms with E-state index in [1.807, 2.05) is 0 Å². The lowest BCUT2D eigenvalue weighted by molar-refractivity contribution is 0.0696. The fraction of sp³-hybridized carbons (Fsp3) is 0.0833. The second kappa shape index (κ2) is 10.4. The molecule has 0 aliphatic heterocycles. The molecule has 0 saturated heterocycles. The summed E-state index contributed by atoms with van der Waals surface area (Å²) in [6.45, 7) is 0. The van der Waals surface area contributed by atoms with Gasteiger partial charge >= 0.3 is 5.97 Å². The minimum atomic E-state index is -1.09. The molecule has 0 atom stereocenters. The third-order valence-corrected chi connectivity index (χ3v) is 4.99. The largest absolute Gasteiger partial charge is 0.494 e. The minimum absolute atomic E-state index is 0.0444. The molecule has 0 saturated carbocycles. The van der Waals surface area contributed by atoms with Crippen LogP contribution in [0.2, 0.25) is 0 Å². The number of benzene rings is 1. The molecule has 0 fully saturated rings. The van der Waals surface area contributed by atoms with Crippen molar-refractivity contribution in [2.75, 3.05) is 24.8 Å². The monoisotopic (exact) mass is 489 g/mol. The molecular weight excluding hydrogens is 469 g/mol. The van der Waals surface area contributed by atoms with Gasteiger partial charge in [0.2, 0.25) is 0 Å². The maximum Gasteiger partial charge on any atom is 0.337 e. The van der Waals surface area contributed by atoms with Gasteiger partial charge < -0.3 is 25.8 Å². The van der Waals surface area contributed by atoms with Gasteiger partial charge in [-0.25, -0.2) is 29.1 Å². The van der Waals surface area contributed by atoms with E-state index >= 15 is 0 Å². The number of anilines is 4. The van der Waals surface area contributed by atoms with Gasteiger partial charge in [0.25, 0.3) is 5.91 Å². The van der Waals surface area contributed by atoms with Crippen LogP contribution in [0.4, 0.5) is 27.4 Å². The molecule has 0 bridgehead atoms. The Kier molecular flexibility index (Phi) is 6.95. The number of ether oxygens (including phenoxy) is 1. The van der Waals surface area contributed by atoms with Crippen LogP contribution in [0.15, 0.2) is 61.2 Å². The van der Waals surface area contributed by atoms with Crippen LogP contribution >= 0.6 is 0 Å². The van der Waals surface area contributed by atoms with Crippen LogP contribution in [0.25, 0.3) is 11.4 Å². The SMILES string of the molecule is CNC(=O)c1cnc(Nc2ccc(C(=O)O)cn2)cc1Nc1cccc(-c2ncc(F)cn2)c1OC. The molecule has 1 aromatic carbocycles. The van der Waals surface area contributed by atoms with Gasteiger partial charge in [0.05, 0.1) is 47.6 Å². The predicted octanol–water partition coefficient (Wildman–Crippen LogP) is 3.63. The number of halogens is 1.